The van der Waals surface area contributed by atoms with Gasteiger partial charge in [0.15, 0.2) is 6.29 Å². The van der Waals surface area contributed by atoms with Crippen molar-refractivity contribution in [1.82, 2.24) is 0 Å². The van der Waals surface area contributed by atoms with Crippen molar-refractivity contribution in [2.75, 3.05) is 18.5 Å². The summed E-state index contributed by atoms with van der Waals surface area (Å²) in [5.74, 6) is 0. The van der Waals surface area contributed by atoms with Crippen molar-refractivity contribution >= 4 is 15.9 Å². The van der Waals surface area contributed by atoms with Gasteiger partial charge in [0.05, 0.1) is 6.61 Å². The zero-order valence-electron chi connectivity index (χ0n) is 13.7. The van der Waals surface area contributed by atoms with Crippen molar-refractivity contribution in [3.05, 3.63) is 35.9 Å². The summed E-state index contributed by atoms with van der Waals surface area (Å²) in [6.45, 7) is 3.92. The van der Waals surface area contributed by atoms with E-state index in [4.69, 9.17) is 9.47 Å². The Labute approximate surface area is 143 Å². The van der Waals surface area contributed by atoms with Crippen LogP contribution in [-0.4, -0.2) is 24.8 Å². The summed E-state index contributed by atoms with van der Waals surface area (Å²) in [6, 6.07) is 10.8. The van der Waals surface area contributed by atoms with Gasteiger partial charge in [-0.3, -0.25) is 0 Å². The van der Waals surface area contributed by atoms with Crippen molar-refractivity contribution in [3.8, 4) is 0 Å². The predicted molar refractivity (Wildman–Crippen MR) is 95.6 cm³/mol. The molecule has 0 aliphatic carbocycles. The smallest absolute Gasteiger partial charge is 0.157 e. The lowest BCUT2D eigenvalue weighted by Gasteiger charge is -2.33. The van der Waals surface area contributed by atoms with Crippen LogP contribution in [0.5, 0.6) is 0 Å². The van der Waals surface area contributed by atoms with Crippen LogP contribution in [0.4, 0.5) is 0 Å². The van der Waals surface area contributed by atoms with Crippen LogP contribution >= 0.6 is 15.9 Å². The Kier molecular flexibility index (Phi) is 7.91. The maximum Gasteiger partial charge on any atom is 0.157 e. The maximum absolute atomic E-state index is 6.13. The zero-order valence-corrected chi connectivity index (χ0v) is 15.3. The van der Waals surface area contributed by atoms with Gasteiger partial charge in [-0.25, -0.2) is 0 Å². The molecule has 0 bridgehead atoms. The van der Waals surface area contributed by atoms with Gasteiger partial charge in [-0.2, -0.15) is 0 Å². The number of hydrogen-bond acceptors (Lipinski definition) is 2. The van der Waals surface area contributed by atoms with Crippen molar-refractivity contribution in [3.63, 3.8) is 0 Å². The molecule has 1 fully saturated rings. The summed E-state index contributed by atoms with van der Waals surface area (Å²) in [4.78, 5) is 0. The summed E-state index contributed by atoms with van der Waals surface area (Å²) >= 11 is 3.52. The second-order valence-electron chi connectivity index (χ2n) is 6.53. The van der Waals surface area contributed by atoms with Crippen molar-refractivity contribution < 1.29 is 9.47 Å². The number of rotatable bonds is 9. The Balaban J connectivity index is 1.94. The Bertz CT molecular complexity index is 403. The minimum atomic E-state index is -0.000621. The van der Waals surface area contributed by atoms with E-state index >= 15 is 0 Å². The molecule has 1 heterocycles. The first-order valence-electron chi connectivity index (χ1n) is 8.59. The topological polar surface area (TPSA) is 18.5 Å². The summed E-state index contributed by atoms with van der Waals surface area (Å²) in [7, 11) is 0. The predicted octanol–water partition coefficient (Wildman–Crippen LogP) is 5.44. The second-order valence-corrected chi connectivity index (χ2v) is 7.33. The van der Waals surface area contributed by atoms with Crippen molar-refractivity contribution in [2.24, 2.45) is 0 Å². The fourth-order valence-electron chi connectivity index (χ4n) is 3.05. The van der Waals surface area contributed by atoms with E-state index in [1.165, 1.54) is 37.7 Å². The summed E-state index contributed by atoms with van der Waals surface area (Å²) < 4.78 is 11.9. The highest BCUT2D eigenvalue weighted by molar-refractivity contribution is 9.09. The zero-order chi connectivity index (χ0) is 15.7. The Morgan fingerprint density at radius 3 is 2.68 bits per heavy atom. The SMILES string of the molecule is C[C@](CCCCCBr)(CO[C@H]1CCCCO1)c1ccccc1. The van der Waals surface area contributed by atoms with Gasteiger partial charge in [-0.05, 0) is 37.7 Å². The van der Waals surface area contributed by atoms with Crippen molar-refractivity contribution in [1.29, 1.82) is 0 Å². The average molecular weight is 369 g/mol. The van der Waals surface area contributed by atoms with Crippen LogP contribution in [0.2, 0.25) is 0 Å². The summed E-state index contributed by atoms with van der Waals surface area (Å²) in [5, 5.41) is 1.10. The first kappa shape index (κ1) is 18.0. The molecule has 2 nitrogen and oxygen atoms in total. The largest absolute Gasteiger partial charge is 0.353 e. The molecule has 0 spiro atoms. The molecule has 0 unspecified atom stereocenters. The van der Waals surface area contributed by atoms with E-state index in [1.54, 1.807) is 0 Å². The van der Waals surface area contributed by atoms with E-state index in [1.807, 2.05) is 0 Å². The molecule has 2 rings (SSSR count). The van der Waals surface area contributed by atoms with Crippen LogP contribution in [0, 0.1) is 0 Å². The fraction of sp³-hybridized carbons (Fsp3) is 0.684. The highest BCUT2D eigenvalue weighted by atomic mass is 79.9. The third-order valence-corrected chi connectivity index (χ3v) is 5.12. The van der Waals surface area contributed by atoms with E-state index in [0.717, 1.165) is 31.4 Å². The standard InChI is InChI=1S/C19H29BrO2/c1-19(13-7-3-8-14-20,17-10-4-2-5-11-17)16-22-18-12-6-9-15-21-18/h2,4-5,10-11,18H,3,6-9,12-16H2,1H3/t18-,19-/m0/s1. The molecular formula is C19H29BrO2. The quantitative estimate of drug-likeness (QED) is 0.426. The number of unbranched alkanes of at least 4 members (excludes halogenated alkanes) is 2. The monoisotopic (exact) mass is 368 g/mol. The fourth-order valence-corrected chi connectivity index (χ4v) is 3.44. The van der Waals surface area contributed by atoms with Crippen LogP contribution in [-0.2, 0) is 14.9 Å². The lowest BCUT2D eigenvalue weighted by molar-refractivity contribution is -0.171. The molecule has 2 atom stereocenters. The van der Waals surface area contributed by atoms with Gasteiger partial charge in [0.1, 0.15) is 0 Å². The average Bonchev–Trinajstić information content (AvgIpc) is 2.59. The number of hydrogen-bond donors (Lipinski definition) is 0. The molecule has 0 amide bonds. The van der Waals surface area contributed by atoms with Crippen LogP contribution in [0.25, 0.3) is 0 Å². The maximum atomic E-state index is 6.13. The van der Waals surface area contributed by atoms with Crippen LogP contribution in [0.3, 0.4) is 0 Å². The molecule has 3 heteroatoms. The molecule has 22 heavy (non-hydrogen) atoms. The molecule has 124 valence electrons. The highest BCUT2D eigenvalue weighted by Gasteiger charge is 2.28. The lowest BCUT2D eigenvalue weighted by Crippen LogP contribution is -2.33. The third kappa shape index (κ3) is 5.68. The lowest BCUT2D eigenvalue weighted by atomic mass is 9.79. The molecule has 0 radical (unpaired) electrons. The Hall–Kier alpha value is -0.380. The molecule has 0 saturated carbocycles. The molecular weight excluding hydrogens is 340 g/mol. The van der Waals surface area contributed by atoms with Crippen LogP contribution in [0.1, 0.15) is 57.4 Å². The van der Waals surface area contributed by atoms with E-state index < -0.39 is 0 Å². The molecule has 1 aromatic carbocycles. The Morgan fingerprint density at radius 1 is 1.18 bits per heavy atom. The van der Waals surface area contributed by atoms with Crippen LogP contribution in [0.15, 0.2) is 30.3 Å². The minimum Gasteiger partial charge on any atom is -0.353 e. The van der Waals surface area contributed by atoms with Gasteiger partial charge >= 0.3 is 0 Å². The molecule has 0 N–H and O–H groups in total. The number of halogens is 1. The third-order valence-electron chi connectivity index (χ3n) is 4.56. The van der Waals surface area contributed by atoms with Gasteiger partial charge in [0, 0.05) is 17.4 Å². The molecule has 1 aromatic rings. The number of ether oxygens (including phenoxy) is 2. The molecule has 0 aromatic heterocycles. The summed E-state index contributed by atoms with van der Waals surface area (Å²) in [5.41, 5.74) is 1.46. The van der Waals surface area contributed by atoms with E-state index in [0.29, 0.717) is 0 Å². The van der Waals surface area contributed by atoms with Crippen molar-refractivity contribution in [2.45, 2.75) is 63.6 Å². The van der Waals surface area contributed by atoms with Crippen LogP contribution < -0.4 is 0 Å². The Morgan fingerprint density at radius 2 is 2.00 bits per heavy atom. The van der Waals surface area contributed by atoms with Gasteiger partial charge in [-0.1, -0.05) is 66.0 Å². The minimum absolute atomic E-state index is 0.000621. The molecule has 1 aliphatic rings. The number of alkyl halides is 1. The highest BCUT2D eigenvalue weighted by Crippen LogP contribution is 2.31. The first-order valence-corrected chi connectivity index (χ1v) is 9.71. The van der Waals surface area contributed by atoms with Gasteiger partial charge < -0.3 is 9.47 Å². The second kappa shape index (κ2) is 9.69. The van der Waals surface area contributed by atoms with E-state index in [2.05, 4.69) is 53.2 Å². The van der Waals surface area contributed by atoms with Gasteiger partial charge in [0.25, 0.3) is 0 Å². The number of benzene rings is 1. The first-order chi connectivity index (χ1) is 10.7. The normalized spacial score (nSPS) is 21.5. The molecule has 1 saturated heterocycles. The van der Waals surface area contributed by atoms with Gasteiger partial charge in [-0.15, -0.1) is 0 Å². The van der Waals surface area contributed by atoms with E-state index in [9.17, 15) is 0 Å². The van der Waals surface area contributed by atoms with E-state index in [-0.39, 0.29) is 11.7 Å². The summed E-state index contributed by atoms with van der Waals surface area (Å²) in [6.07, 6.45) is 8.35. The van der Waals surface area contributed by atoms with Gasteiger partial charge in [0.2, 0.25) is 0 Å². The molecule has 1 aliphatic heterocycles.